The van der Waals surface area contributed by atoms with Crippen LogP contribution in [0.3, 0.4) is 0 Å². The molecule has 19 heavy (non-hydrogen) atoms. The molecule has 102 valence electrons. The number of aromatic carboxylic acids is 1. The lowest BCUT2D eigenvalue weighted by Crippen LogP contribution is -2.39. The number of nitrogens with one attached hydrogen (secondary N) is 1. The number of rotatable bonds is 5. The number of carbonyl (C=O) groups is 3. The molecule has 1 rings (SSSR count). The highest BCUT2D eigenvalue weighted by Gasteiger charge is 2.17. The van der Waals surface area contributed by atoms with Crippen LogP contribution >= 0.6 is 0 Å². The number of carboxylic acids is 1. The molecule has 0 fully saturated rings. The molecule has 0 heterocycles. The molecule has 7 heteroatoms. The number of hydrogen-bond donors (Lipinski definition) is 4. The molecule has 1 aromatic carbocycles. The normalized spacial score (nSPS) is 11.7. The third kappa shape index (κ3) is 4.07. The van der Waals surface area contributed by atoms with Crippen molar-refractivity contribution in [3.63, 3.8) is 0 Å². The number of carboxylic acid groups (broad SMARTS) is 1. The zero-order valence-electron chi connectivity index (χ0n) is 10.3. The first-order valence-electron chi connectivity index (χ1n) is 5.50. The second-order valence-electron chi connectivity index (χ2n) is 4.10. The van der Waals surface area contributed by atoms with Crippen molar-refractivity contribution in [3.05, 3.63) is 29.3 Å². The van der Waals surface area contributed by atoms with Gasteiger partial charge in [-0.2, -0.15) is 0 Å². The molecule has 1 unspecified atom stereocenters. The summed E-state index contributed by atoms with van der Waals surface area (Å²) in [5, 5.41) is 11.4. The monoisotopic (exact) mass is 265 g/mol. The van der Waals surface area contributed by atoms with Gasteiger partial charge in [0.1, 0.15) is 0 Å². The molecule has 0 aliphatic carbocycles. The van der Waals surface area contributed by atoms with Crippen molar-refractivity contribution in [2.24, 2.45) is 11.5 Å². The minimum absolute atomic E-state index is 0.0845. The summed E-state index contributed by atoms with van der Waals surface area (Å²) in [4.78, 5) is 33.2. The third-order valence-corrected chi connectivity index (χ3v) is 2.49. The van der Waals surface area contributed by atoms with E-state index in [2.05, 4.69) is 5.32 Å². The number of hydrogen-bond acceptors (Lipinski definition) is 4. The number of amides is 2. The number of carbonyl (C=O) groups excluding carboxylic acids is 2. The van der Waals surface area contributed by atoms with Crippen molar-refractivity contribution in [1.82, 2.24) is 0 Å². The molecule has 0 bridgehead atoms. The first-order chi connectivity index (χ1) is 8.81. The van der Waals surface area contributed by atoms with Gasteiger partial charge in [0, 0.05) is 5.69 Å². The predicted octanol–water partition coefficient (Wildman–Crippen LogP) is -0.166. The van der Waals surface area contributed by atoms with Crippen LogP contribution in [0.1, 0.15) is 22.3 Å². The third-order valence-electron chi connectivity index (χ3n) is 2.49. The molecular weight excluding hydrogens is 250 g/mol. The quantitative estimate of drug-likeness (QED) is 0.586. The Balaban J connectivity index is 2.83. The van der Waals surface area contributed by atoms with Crippen molar-refractivity contribution >= 4 is 23.5 Å². The van der Waals surface area contributed by atoms with Gasteiger partial charge in [-0.3, -0.25) is 9.59 Å². The average molecular weight is 265 g/mol. The van der Waals surface area contributed by atoms with Crippen LogP contribution in [0, 0.1) is 6.92 Å². The lowest BCUT2D eigenvalue weighted by Gasteiger charge is -2.11. The van der Waals surface area contributed by atoms with E-state index >= 15 is 0 Å². The molecule has 0 radical (unpaired) electrons. The zero-order chi connectivity index (χ0) is 14.6. The Bertz CT molecular complexity index is 528. The summed E-state index contributed by atoms with van der Waals surface area (Å²) in [6.07, 6.45) is -0.274. The highest BCUT2D eigenvalue weighted by molar-refractivity contribution is 5.98. The SMILES string of the molecule is Cc1ccc(NC(=O)C(N)CC(N)=O)cc1C(=O)O. The Hall–Kier alpha value is -2.41. The summed E-state index contributed by atoms with van der Waals surface area (Å²) in [5.74, 6) is -2.37. The van der Waals surface area contributed by atoms with Crippen LogP contribution in [0.2, 0.25) is 0 Å². The highest BCUT2D eigenvalue weighted by Crippen LogP contribution is 2.15. The zero-order valence-corrected chi connectivity index (χ0v) is 10.3. The van der Waals surface area contributed by atoms with Crippen molar-refractivity contribution in [2.75, 3.05) is 5.32 Å². The van der Waals surface area contributed by atoms with E-state index in [0.717, 1.165) is 0 Å². The number of anilines is 1. The van der Waals surface area contributed by atoms with Gasteiger partial charge in [-0.15, -0.1) is 0 Å². The molecule has 6 N–H and O–H groups in total. The molecular formula is C12H15N3O4. The summed E-state index contributed by atoms with van der Waals surface area (Å²) in [6.45, 7) is 1.65. The largest absolute Gasteiger partial charge is 0.478 e. The van der Waals surface area contributed by atoms with Crippen molar-refractivity contribution < 1.29 is 19.5 Å². The minimum atomic E-state index is -1.09. The molecule has 0 aromatic heterocycles. The fraction of sp³-hybridized carbons (Fsp3) is 0.250. The van der Waals surface area contributed by atoms with Crippen LogP contribution in [0.15, 0.2) is 18.2 Å². The van der Waals surface area contributed by atoms with E-state index in [0.29, 0.717) is 11.3 Å². The van der Waals surface area contributed by atoms with Crippen LogP contribution < -0.4 is 16.8 Å². The minimum Gasteiger partial charge on any atom is -0.478 e. The maximum Gasteiger partial charge on any atom is 0.336 e. The van der Waals surface area contributed by atoms with E-state index in [-0.39, 0.29) is 12.0 Å². The predicted molar refractivity (Wildman–Crippen MR) is 68.6 cm³/mol. The second kappa shape index (κ2) is 5.96. The molecule has 0 saturated carbocycles. The summed E-state index contributed by atoms with van der Waals surface area (Å²) >= 11 is 0. The number of nitrogens with two attached hydrogens (primary N) is 2. The molecule has 0 aliphatic rings. The molecule has 1 aromatic rings. The Morgan fingerprint density at radius 1 is 1.37 bits per heavy atom. The molecule has 1 atom stereocenters. The fourth-order valence-corrected chi connectivity index (χ4v) is 1.47. The number of primary amides is 1. The summed E-state index contributed by atoms with van der Waals surface area (Å²) in [6, 6.07) is 3.38. The van der Waals surface area contributed by atoms with Gasteiger partial charge in [-0.05, 0) is 24.6 Å². The van der Waals surface area contributed by atoms with E-state index in [9.17, 15) is 14.4 Å². The van der Waals surface area contributed by atoms with Crippen molar-refractivity contribution in [2.45, 2.75) is 19.4 Å². The van der Waals surface area contributed by atoms with Gasteiger partial charge >= 0.3 is 5.97 Å². The van der Waals surface area contributed by atoms with Gasteiger partial charge in [-0.25, -0.2) is 4.79 Å². The van der Waals surface area contributed by atoms with Crippen LogP contribution in [0.4, 0.5) is 5.69 Å². The highest BCUT2D eigenvalue weighted by atomic mass is 16.4. The van der Waals surface area contributed by atoms with Crippen molar-refractivity contribution in [3.8, 4) is 0 Å². The lowest BCUT2D eigenvalue weighted by molar-refractivity contribution is -0.123. The van der Waals surface area contributed by atoms with Gasteiger partial charge in [0.15, 0.2) is 0 Å². The average Bonchev–Trinajstić information content (AvgIpc) is 2.30. The summed E-state index contributed by atoms with van der Waals surface area (Å²) < 4.78 is 0. The van der Waals surface area contributed by atoms with Gasteiger partial charge < -0.3 is 21.9 Å². The first kappa shape index (κ1) is 14.7. The second-order valence-corrected chi connectivity index (χ2v) is 4.10. The molecule has 7 nitrogen and oxygen atoms in total. The van der Waals surface area contributed by atoms with Gasteiger partial charge in [0.2, 0.25) is 11.8 Å². The van der Waals surface area contributed by atoms with E-state index in [4.69, 9.17) is 16.6 Å². The van der Waals surface area contributed by atoms with Crippen LogP contribution in [0.25, 0.3) is 0 Å². The Labute approximate surface area is 109 Å². The summed E-state index contributed by atoms with van der Waals surface area (Å²) in [5.41, 5.74) is 11.4. The van der Waals surface area contributed by atoms with E-state index < -0.39 is 23.8 Å². The number of aryl methyl sites for hydroxylation is 1. The Morgan fingerprint density at radius 2 is 2.00 bits per heavy atom. The topological polar surface area (TPSA) is 136 Å². The van der Waals surface area contributed by atoms with Gasteiger partial charge in [0.25, 0.3) is 0 Å². The Morgan fingerprint density at radius 3 is 2.53 bits per heavy atom. The molecule has 0 aliphatic heterocycles. The van der Waals surface area contributed by atoms with E-state index in [1.54, 1.807) is 19.1 Å². The molecule has 0 spiro atoms. The fourth-order valence-electron chi connectivity index (χ4n) is 1.47. The van der Waals surface area contributed by atoms with E-state index in [1.807, 2.05) is 0 Å². The standard InChI is InChI=1S/C12H15N3O4/c1-6-2-3-7(4-8(6)12(18)19)15-11(17)9(13)5-10(14)16/h2-4,9H,5,13H2,1H3,(H2,14,16)(H,15,17)(H,18,19). The van der Waals surface area contributed by atoms with Crippen LogP contribution in [-0.4, -0.2) is 28.9 Å². The molecule has 0 saturated heterocycles. The smallest absolute Gasteiger partial charge is 0.336 e. The maximum atomic E-state index is 11.6. The van der Waals surface area contributed by atoms with Gasteiger partial charge in [-0.1, -0.05) is 6.07 Å². The number of benzene rings is 1. The van der Waals surface area contributed by atoms with Crippen LogP contribution in [0.5, 0.6) is 0 Å². The van der Waals surface area contributed by atoms with E-state index in [1.165, 1.54) is 6.07 Å². The van der Waals surface area contributed by atoms with Crippen LogP contribution in [-0.2, 0) is 9.59 Å². The van der Waals surface area contributed by atoms with Gasteiger partial charge in [0.05, 0.1) is 18.0 Å². The summed E-state index contributed by atoms with van der Waals surface area (Å²) in [7, 11) is 0. The Kier molecular flexibility index (Phi) is 4.60. The lowest BCUT2D eigenvalue weighted by atomic mass is 10.1. The van der Waals surface area contributed by atoms with Crippen molar-refractivity contribution in [1.29, 1.82) is 0 Å². The first-order valence-corrected chi connectivity index (χ1v) is 5.50. The molecule has 2 amide bonds. The maximum absolute atomic E-state index is 11.6.